The molecule has 0 aliphatic rings. The Labute approximate surface area is 78.0 Å². The highest BCUT2D eigenvalue weighted by atomic mass is 14.9. The van der Waals surface area contributed by atoms with Crippen LogP contribution in [-0.4, -0.2) is 4.57 Å². The molecule has 0 unspecified atom stereocenters. The van der Waals surface area contributed by atoms with E-state index in [2.05, 4.69) is 41.7 Å². The lowest BCUT2D eigenvalue weighted by Crippen LogP contribution is -1.91. The molecule has 1 nitrogen and oxygen atoms in total. The molecule has 64 valence electrons. The summed E-state index contributed by atoms with van der Waals surface area (Å²) in [5.74, 6) is 2.64. The summed E-state index contributed by atoms with van der Waals surface area (Å²) in [6.07, 6.45) is 7.32. The predicted octanol–water partition coefficient (Wildman–Crippen LogP) is 2.58. The van der Waals surface area contributed by atoms with E-state index in [1.165, 1.54) is 16.5 Å². The van der Waals surface area contributed by atoms with Gasteiger partial charge in [-0.25, -0.2) is 0 Å². The van der Waals surface area contributed by atoms with Gasteiger partial charge >= 0.3 is 0 Å². The van der Waals surface area contributed by atoms with Gasteiger partial charge in [0.25, 0.3) is 0 Å². The van der Waals surface area contributed by atoms with E-state index in [9.17, 15) is 0 Å². The second kappa shape index (κ2) is 2.99. The van der Waals surface area contributed by atoms with Gasteiger partial charge in [0.1, 0.15) is 0 Å². The maximum atomic E-state index is 5.28. The Morgan fingerprint density at radius 2 is 2.23 bits per heavy atom. The number of hydrogen-bond acceptors (Lipinski definition) is 0. The predicted molar refractivity (Wildman–Crippen MR) is 55.5 cm³/mol. The van der Waals surface area contributed by atoms with Gasteiger partial charge in [0.05, 0.1) is 6.54 Å². The lowest BCUT2D eigenvalue weighted by molar-refractivity contribution is 0.886. The van der Waals surface area contributed by atoms with E-state index in [-0.39, 0.29) is 0 Å². The van der Waals surface area contributed by atoms with Crippen LogP contribution in [0, 0.1) is 19.3 Å². The lowest BCUT2D eigenvalue weighted by atomic mass is 10.1. The maximum absolute atomic E-state index is 5.28. The summed E-state index contributed by atoms with van der Waals surface area (Å²) in [6, 6.07) is 8.38. The molecule has 0 N–H and O–H groups in total. The summed E-state index contributed by atoms with van der Waals surface area (Å²) in [5.41, 5.74) is 2.52. The third-order valence-electron chi connectivity index (χ3n) is 2.29. The monoisotopic (exact) mass is 169 g/mol. The summed E-state index contributed by atoms with van der Waals surface area (Å²) in [7, 11) is 0. The van der Waals surface area contributed by atoms with Crippen molar-refractivity contribution < 1.29 is 0 Å². The molecule has 0 saturated carbocycles. The summed E-state index contributed by atoms with van der Waals surface area (Å²) in [4.78, 5) is 0. The molecule has 0 bridgehead atoms. The molecule has 1 heterocycles. The molecule has 13 heavy (non-hydrogen) atoms. The Kier molecular flexibility index (Phi) is 1.83. The van der Waals surface area contributed by atoms with Crippen LogP contribution < -0.4 is 0 Å². The smallest absolute Gasteiger partial charge is 0.0834 e. The zero-order chi connectivity index (χ0) is 9.26. The van der Waals surface area contributed by atoms with E-state index in [4.69, 9.17) is 6.42 Å². The molecule has 0 atom stereocenters. The molecular weight excluding hydrogens is 158 g/mol. The van der Waals surface area contributed by atoms with Crippen molar-refractivity contribution in [1.29, 1.82) is 0 Å². The second-order valence-electron chi connectivity index (χ2n) is 3.16. The summed E-state index contributed by atoms with van der Waals surface area (Å²) >= 11 is 0. The first-order valence-corrected chi connectivity index (χ1v) is 4.31. The maximum Gasteiger partial charge on any atom is 0.0834 e. The van der Waals surface area contributed by atoms with E-state index in [0.29, 0.717) is 6.54 Å². The third-order valence-corrected chi connectivity index (χ3v) is 2.29. The molecule has 0 fully saturated rings. The minimum absolute atomic E-state index is 0.646. The van der Waals surface area contributed by atoms with Gasteiger partial charge in [-0.1, -0.05) is 18.1 Å². The van der Waals surface area contributed by atoms with E-state index in [0.717, 1.165) is 0 Å². The average molecular weight is 169 g/mol. The Bertz CT molecular complexity index is 471. The van der Waals surface area contributed by atoms with Crippen molar-refractivity contribution in [2.24, 2.45) is 0 Å². The zero-order valence-electron chi connectivity index (χ0n) is 7.62. The number of hydrogen-bond donors (Lipinski definition) is 0. The number of aryl methyl sites for hydroxylation is 1. The normalized spacial score (nSPS) is 10.2. The standard InChI is InChI=1S/C12H11N/c1-3-8-13-9-7-11-10(2)5-4-6-12(11)13/h1,4-7,9H,8H2,2H3. The zero-order valence-corrected chi connectivity index (χ0v) is 7.62. The highest BCUT2D eigenvalue weighted by molar-refractivity contribution is 5.83. The van der Waals surface area contributed by atoms with Crippen LogP contribution in [-0.2, 0) is 6.54 Å². The van der Waals surface area contributed by atoms with Crippen LogP contribution in [0.15, 0.2) is 30.5 Å². The van der Waals surface area contributed by atoms with Crippen molar-refractivity contribution in [3.05, 3.63) is 36.0 Å². The molecule has 2 aromatic rings. The van der Waals surface area contributed by atoms with Gasteiger partial charge in [-0.05, 0) is 24.6 Å². The molecule has 0 amide bonds. The largest absolute Gasteiger partial charge is 0.336 e. The summed E-state index contributed by atoms with van der Waals surface area (Å²) in [6.45, 7) is 2.76. The Balaban J connectivity index is 2.70. The highest BCUT2D eigenvalue weighted by Gasteiger charge is 2.00. The van der Waals surface area contributed by atoms with Crippen LogP contribution in [0.4, 0.5) is 0 Å². The van der Waals surface area contributed by atoms with Crippen molar-refractivity contribution >= 4 is 10.9 Å². The van der Waals surface area contributed by atoms with E-state index in [1.807, 2.05) is 6.20 Å². The number of aromatic nitrogens is 1. The fourth-order valence-electron chi connectivity index (χ4n) is 1.61. The van der Waals surface area contributed by atoms with Crippen LogP contribution in [0.5, 0.6) is 0 Å². The fourth-order valence-corrected chi connectivity index (χ4v) is 1.61. The molecule has 0 aliphatic carbocycles. The Hall–Kier alpha value is -1.68. The van der Waals surface area contributed by atoms with Crippen molar-refractivity contribution in [2.45, 2.75) is 13.5 Å². The summed E-state index contributed by atoms with van der Waals surface area (Å²) < 4.78 is 2.09. The lowest BCUT2D eigenvalue weighted by Gasteiger charge is -2.00. The van der Waals surface area contributed by atoms with Gasteiger partial charge in [0.15, 0.2) is 0 Å². The average Bonchev–Trinajstić information content (AvgIpc) is 2.51. The van der Waals surface area contributed by atoms with Gasteiger partial charge in [-0.3, -0.25) is 0 Å². The van der Waals surface area contributed by atoms with Crippen LogP contribution in [0.3, 0.4) is 0 Å². The number of rotatable bonds is 1. The van der Waals surface area contributed by atoms with Crippen LogP contribution in [0.25, 0.3) is 10.9 Å². The van der Waals surface area contributed by atoms with Crippen molar-refractivity contribution in [3.63, 3.8) is 0 Å². The van der Waals surface area contributed by atoms with Crippen LogP contribution in [0.1, 0.15) is 5.56 Å². The van der Waals surface area contributed by atoms with Gasteiger partial charge in [-0.2, -0.15) is 0 Å². The fraction of sp³-hybridized carbons (Fsp3) is 0.167. The quantitative estimate of drug-likeness (QED) is 0.578. The van der Waals surface area contributed by atoms with E-state index >= 15 is 0 Å². The van der Waals surface area contributed by atoms with Crippen molar-refractivity contribution in [2.75, 3.05) is 0 Å². The first kappa shape index (κ1) is 7.94. The number of benzene rings is 1. The molecule has 0 saturated heterocycles. The molecule has 0 spiro atoms. The molecular formula is C12H11N. The molecule has 1 aromatic carbocycles. The molecule has 2 rings (SSSR count). The molecule has 0 radical (unpaired) electrons. The van der Waals surface area contributed by atoms with Crippen molar-refractivity contribution in [1.82, 2.24) is 4.57 Å². The topological polar surface area (TPSA) is 4.93 Å². The SMILES string of the molecule is C#CCn1ccc2c(C)cccc21. The van der Waals surface area contributed by atoms with Crippen LogP contribution in [0.2, 0.25) is 0 Å². The van der Waals surface area contributed by atoms with E-state index in [1.54, 1.807) is 0 Å². The Morgan fingerprint density at radius 1 is 1.38 bits per heavy atom. The second-order valence-corrected chi connectivity index (χ2v) is 3.16. The number of nitrogens with zero attached hydrogens (tertiary/aromatic N) is 1. The van der Waals surface area contributed by atoms with Gasteiger partial charge in [0.2, 0.25) is 0 Å². The first-order chi connectivity index (χ1) is 6.33. The van der Waals surface area contributed by atoms with Gasteiger partial charge < -0.3 is 4.57 Å². The minimum Gasteiger partial charge on any atom is -0.336 e. The highest BCUT2D eigenvalue weighted by Crippen LogP contribution is 2.18. The van der Waals surface area contributed by atoms with E-state index < -0.39 is 0 Å². The van der Waals surface area contributed by atoms with Gasteiger partial charge in [0, 0.05) is 17.1 Å². The Morgan fingerprint density at radius 3 is 3.00 bits per heavy atom. The minimum atomic E-state index is 0.646. The number of fused-ring (bicyclic) bond motifs is 1. The molecule has 0 aliphatic heterocycles. The number of terminal acetylenes is 1. The first-order valence-electron chi connectivity index (χ1n) is 4.31. The summed E-state index contributed by atoms with van der Waals surface area (Å²) in [5, 5.41) is 1.29. The van der Waals surface area contributed by atoms with Crippen molar-refractivity contribution in [3.8, 4) is 12.3 Å². The third kappa shape index (κ3) is 1.21. The van der Waals surface area contributed by atoms with Gasteiger partial charge in [-0.15, -0.1) is 6.42 Å². The van der Waals surface area contributed by atoms with Crippen LogP contribution >= 0.6 is 0 Å². The molecule has 1 aromatic heterocycles. The molecule has 1 heteroatoms.